The van der Waals surface area contributed by atoms with E-state index < -0.39 is 12.7 Å². The second kappa shape index (κ2) is 4.46. The normalized spacial score (nSPS) is 21.0. The van der Waals surface area contributed by atoms with Crippen molar-refractivity contribution >= 4 is 0 Å². The molecular formula is C8H15F3N2O. The average molecular weight is 212 g/mol. The van der Waals surface area contributed by atoms with Crippen molar-refractivity contribution in [1.29, 1.82) is 0 Å². The van der Waals surface area contributed by atoms with Crippen molar-refractivity contribution in [1.82, 2.24) is 4.90 Å². The van der Waals surface area contributed by atoms with E-state index in [1.807, 2.05) is 0 Å². The van der Waals surface area contributed by atoms with Crippen molar-refractivity contribution in [2.75, 3.05) is 26.3 Å². The Kier molecular flexibility index (Phi) is 3.74. The molecule has 0 aromatic heterocycles. The molecular weight excluding hydrogens is 197 g/mol. The number of rotatable bonds is 4. The van der Waals surface area contributed by atoms with E-state index >= 15 is 0 Å². The van der Waals surface area contributed by atoms with Crippen molar-refractivity contribution in [3.8, 4) is 0 Å². The van der Waals surface area contributed by atoms with Gasteiger partial charge in [-0.3, -0.25) is 4.90 Å². The summed E-state index contributed by atoms with van der Waals surface area (Å²) in [6.07, 6.45) is -4.17. The molecule has 0 aliphatic carbocycles. The van der Waals surface area contributed by atoms with Crippen LogP contribution in [-0.2, 0) is 4.74 Å². The van der Waals surface area contributed by atoms with E-state index in [-0.39, 0.29) is 18.6 Å². The fourth-order valence-electron chi connectivity index (χ4n) is 1.40. The third-order valence-electron chi connectivity index (χ3n) is 2.36. The number of nitrogens with two attached hydrogens (primary N) is 1. The highest BCUT2D eigenvalue weighted by Crippen LogP contribution is 2.22. The smallest absolute Gasteiger partial charge is 0.378 e. The molecule has 0 amide bonds. The van der Waals surface area contributed by atoms with Gasteiger partial charge < -0.3 is 10.5 Å². The van der Waals surface area contributed by atoms with Gasteiger partial charge in [0.2, 0.25) is 0 Å². The van der Waals surface area contributed by atoms with Gasteiger partial charge in [-0.25, -0.2) is 0 Å². The van der Waals surface area contributed by atoms with Gasteiger partial charge in [-0.1, -0.05) is 0 Å². The molecule has 0 aromatic carbocycles. The van der Waals surface area contributed by atoms with Crippen molar-refractivity contribution in [2.45, 2.75) is 25.2 Å². The van der Waals surface area contributed by atoms with Crippen LogP contribution in [0.1, 0.15) is 6.92 Å². The Hall–Kier alpha value is -0.330. The van der Waals surface area contributed by atoms with Crippen LogP contribution in [0.2, 0.25) is 0 Å². The lowest BCUT2D eigenvalue weighted by Crippen LogP contribution is -2.57. The zero-order valence-corrected chi connectivity index (χ0v) is 8.05. The highest BCUT2D eigenvalue weighted by Gasteiger charge is 2.38. The van der Waals surface area contributed by atoms with E-state index in [0.29, 0.717) is 13.2 Å². The Morgan fingerprint density at radius 2 is 2.07 bits per heavy atom. The maximum Gasteiger partial charge on any atom is 0.401 e. The molecule has 0 bridgehead atoms. The molecule has 0 aromatic rings. The average Bonchev–Trinajstić information content (AvgIpc) is 1.96. The van der Waals surface area contributed by atoms with E-state index in [0.717, 1.165) is 0 Å². The molecule has 1 unspecified atom stereocenters. The van der Waals surface area contributed by atoms with Crippen LogP contribution in [0.5, 0.6) is 0 Å². The summed E-state index contributed by atoms with van der Waals surface area (Å²) in [7, 11) is 0. The highest BCUT2D eigenvalue weighted by molar-refractivity contribution is 4.83. The SMILES string of the molecule is CC(CN)N(CC(F)(F)F)C1COC1. The number of hydrogen-bond donors (Lipinski definition) is 1. The van der Waals surface area contributed by atoms with Crippen LogP contribution < -0.4 is 5.73 Å². The van der Waals surface area contributed by atoms with Crippen LogP contribution in [0.3, 0.4) is 0 Å². The molecule has 1 aliphatic heterocycles. The quantitative estimate of drug-likeness (QED) is 0.741. The van der Waals surface area contributed by atoms with Gasteiger partial charge in [0.25, 0.3) is 0 Å². The van der Waals surface area contributed by atoms with Crippen LogP contribution in [-0.4, -0.2) is 49.5 Å². The zero-order valence-electron chi connectivity index (χ0n) is 8.05. The molecule has 0 spiro atoms. The van der Waals surface area contributed by atoms with Gasteiger partial charge in [-0.15, -0.1) is 0 Å². The Bertz CT molecular complexity index is 177. The summed E-state index contributed by atoms with van der Waals surface area (Å²) in [5, 5.41) is 0. The summed E-state index contributed by atoms with van der Waals surface area (Å²) in [6, 6.07) is -0.388. The number of nitrogens with zero attached hydrogens (tertiary/aromatic N) is 1. The first-order chi connectivity index (χ1) is 6.44. The van der Waals surface area contributed by atoms with Gasteiger partial charge in [0, 0.05) is 12.6 Å². The lowest BCUT2D eigenvalue weighted by Gasteiger charge is -2.40. The van der Waals surface area contributed by atoms with Crippen molar-refractivity contribution in [2.24, 2.45) is 5.73 Å². The van der Waals surface area contributed by atoms with Crippen LogP contribution in [0.15, 0.2) is 0 Å². The zero-order chi connectivity index (χ0) is 10.8. The molecule has 1 rings (SSSR count). The second-order valence-electron chi connectivity index (χ2n) is 3.56. The monoisotopic (exact) mass is 212 g/mol. The highest BCUT2D eigenvalue weighted by atomic mass is 19.4. The largest absolute Gasteiger partial charge is 0.401 e. The molecule has 1 fully saturated rings. The number of hydrogen-bond acceptors (Lipinski definition) is 3. The third kappa shape index (κ3) is 3.11. The lowest BCUT2D eigenvalue weighted by molar-refractivity contribution is -0.175. The standard InChI is InChI=1S/C8H15F3N2O/c1-6(2-12)13(5-8(9,10)11)7-3-14-4-7/h6-7H,2-5,12H2,1H3. The minimum Gasteiger partial charge on any atom is -0.378 e. The molecule has 2 N–H and O–H groups in total. The molecule has 1 heterocycles. The summed E-state index contributed by atoms with van der Waals surface area (Å²) < 4.78 is 41.5. The van der Waals surface area contributed by atoms with E-state index in [2.05, 4.69) is 0 Å². The minimum absolute atomic E-state index is 0.129. The lowest BCUT2D eigenvalue weighted by atomic mass is 10.1. The Morgan fingerprint density at radius 1 is 1.50 bits per heavy atom. The molecule has 3 nitrogen and oxygen atoms in total. The summed E-state index contributed by atoms with van der Waals surface area (Å²) in [5.41, 5.74) is 5.36. The van der Waals surface area contributed by atoms with Gasteiger partial charge in [0.15, 0.2) is 0 Å². The first-order valence-electron chi connectivity index (χ1n) is 4.54. The topological polar surface area (TPSA) is 38.5 Å². The molecule has 6 heteroatoms. The second-order valence-corrected chi connectivity index (χ2v) is 3.56. The number of alkyl halides is 3. The Labute approximate surface area is 81.0 Å². The maximum atomic E-state index is 12.2. The van der Waals surface area contributed by atoms with Crippen molar-refractivity contribution in [3.05, 3.63) is 0 Å². The van der Waals surface area contributed by atoms with Crippen LogP contribution >= 0.6 is 0 Å². The molecule has 84 valence electrons. The molecule has 14 heavy (non-hydrogen) atoms. The van der Waals surface area contributed by atoms with Gasteiger partial charge in [0.05, 0.1) is 25.8 Å². The van der Waals surface area contributed by atoms with Crippen molar-refractivity contribution in [3.63, 3.8) is 0 Å². The predicted molar refractivity (Wildman–Crippen MR) is 45.9 cm³/mol. The molecule has 0 radical (unpaired) electrons. The molecule has 1 atom stereocenters. The van der Waals surface area contributed by atoms with Crippen LogP contribution in [0, 0.1) is 0 Å². The predicted octanol–water partition coefficient (Wildman–Crippen LogP) is 0.597. The number of ether oxygens (including phenoxy) is 1. The van der Waals surface area contributed by atoms with E-state index in [9.17, 15) is 13.2 Å². The first kappa shape index (κ1) is 11.7. The van der Waals surface area contributed by atoms with Gasteiger partial charge >= 0.3 is 6.18 Å². The molecule has 1 aliphatic rings. The van der Waals surface area contributed by atoms with Crippen LogP contribution in [0.4, 0.5) is 13.2 Å². The molecule has 0 saturated carbocycles. The molecule has 1 saturated heterocycles. The van der Waals surface area contributed by atoms with E-state index in [1.165, 1.54) is 4.90 Å². The van der Waals surface area contributed by atoms with Crippen LogP contribution in [0.25, 0.3) is 0 Å². The minimum atomic E-state index is -4.17. The Balaban J connectivity index is 2.52. The van der Waals surface area contributed by atoms with E-state index in [4.69, 9.17) is 10.5 Å². The number of halogens is 3. The van der Waals surface area contributed by atoms with E-state index in [1.54, 1.807) is 6.92 Å². The maximum absolute atomic E-state index is 12.2. The summed E-state index contributed by atoms with van der Waals surface area (Å²) in [4.78, 5) is 1.36. The summed E-state index contributed by atoms with van der Waals surface area (Å²) in [5.74, 6) is 0. The summed E-state index contributed by atoms with van der Waals surface area (Å²) in [6.45, 7) is 1.77. The van der Waals surface area contributed by atoms with Crippen molar-refractivity contribution < 1.29 is 17.9 Å². The van der Waals surface area contributed by atoms with Gasteiger partial charge in [0.1, 0.15) is 0 Å². The Morgan fingerprint density at radius 3 is 2.36 bits per heavy atom. The first-order valence-corrected chi connectivity index (χ1v) is 4.54. The fraction of sp³-hybridized carbons (Fsp3) is 1.00. The fourth-order valence-corrected chi connectivity index (χ4v) is 1.40. The third-order valence-corrected chi connectivity index (χ3v) is 2.36. The van der Waals surface area contributed by atoms with Gasteiger partial charge in [-0.2, -0.15) is 13.2 Å². The summed E-state index contributed by atoms with van der Waals surface area (Å²) >= 11 is 0. The van der Waals surface area contributed by atoms with Gasteiger partial charge in [-0.05, 0) is 6.92 Å².